The number of ether oxygens (including phenoxy) is 1. The predicted octanol–water partition coefficient (Wildman–Crippen LogP) is 5.81. The SMILES string of the molecule is CC1=CC(Cl)=CC(C)(C)C1/C(C(=O)C1(N)CCCCC1)=C(/C)OC(=O)C(C)(C)C. The van der Waals surface area contributed by atoms with Crippen molar-refractivity contribution in [2.24, 2.45) is 22.5 Å². The first-order valence-corrected chi connectivity index (χ1v) is 10.9. The number of Topliss-reactive ketones (excluding diaryl/α,β-unsaturated/α-hetero) is 1. The van der Waals surface area contributed by atoms with Crippen LogP contribution < -0.4 is 5.73 Å². The quantitative estimate of drug-likeness (QED) is 0.353. The summed E-state index contributed by atoms with van der Waals surface area (Å²) in [5.74, 6) is -0.373. The summed E-state index contributed by atoms with van der Waals surface area (Å²) in [5.41, 5.74) is 6.12. The number of rotatable bonds is 4. The first-order valence-electron chi connectivity index (χ1n) is 10.5. The molecule has 0 spiro atoms. The van der Waals surface area contributed by atoms with E-state index in [1.54, 1.807) is 27.7 Å². The zero-order chi connectivity index (χ0) is 22.2. The van der Waals surface area contributed by atoms with E-state index in [4.69, 9.17) is 22.1 Å². The van der Waals surface area contributed by atoms with Gasteiger partial charge in [0.25, 0.3) is 0 Å². The standard InChI is InChI=1S/C24H36ClNO3/c1-15-13-17(25)14-23(6,7)19(15)18(16(2)29-21(28)22(3,4)5)20(27)24(26)11-9-8-10-12-24/h13-14,19H,8-12,26H2,1-7H3/b18-16+. The highest BCUT2D eigenvalue weighted by atomic mass is 35.5. The van der Waals surface area contributed by atoms with Crippen molar-refractivity contribution < 1.29 is 14.3 Å². The maximum atomic E-state index is 13.9. The topological polar surface area (TPSA) is 69.4 Å². The zero-order valence-corrected chi connectivity index (χ0v) is 19.7. The average molecular weight is 422 g/mol. The van der Waals surface area contributed by atoms with Crippen molar-refractivity contribution in [3.05, 3.63) is 34.1 Å². The molecule has 29 heavy (non-hydrogen) atoms. The van der Waals surface area contributed by atoms with E-state index in [9.17, 15) is 9.59 Å². The molecule has 2 N–H and O–H groups in total. The fraction of sp³-hybridized carbons (Fsp3) is 0.667. The van der Waals surface area contributed by atoms with Gasteiger partial charge in [-0.2, -0.15) is 0 Å². The summed E-state index contributed by atoms with van der Waals surface area (Å²) in [6, 6.07) is 0. The maximum Gasteiger partial charge on any atom is 0.316 e. The number of nitrogens with two attached hydrogens (primary N) is 1. The van der Waals surface area contributed by atoms with Crippen LogP contribution in [0.1, 0.15) is 80.6 Å². The second-order valence-electron chi connectivity index (χ2n) is 10.3. The van der Waals surface area contributed by atoms with Gasteiger partial charge in [-0.1, -0.05) is 56.4 Å². The molecule has 4 nitrogen and oxygen atoms in total. The number of carbonyl (C=O) groups is 2. The summed E-state index contributed by atoms with van der Waals surface area (Å²) in [7, 11) is 0. The first kappa shape index (κ1) is 23.9. The van der Waals surface area contributed by atoms with Gasteiger partial charge >= 0.3 is 5.97 Å². The largest absolute Gasteiger partial charge is 0.431 e. The van der Waals surface area contributed by atoms with Crippen molar-refractivity contribution in [2.45, 2.75) is 86.1 Å². The Hall–Kier alpha value is -1.39. The van der Waals surface area contributed by atoms with Gasteiger partial charge in [0, 0.05) is 16.5 Å². The van der Waals surface area contributed by atoms with E-state index in [0.29, 0.717) is 29.2 Å². The molecule has 5 heteroatoms. The number of esters is 1. The van der Waals surface area contributed by atoms with Crippen LogP contribution in [0, 0.1) is 16.7 Å². The van der Waals surface area contributed by atoms with Crippen molar-refractivity contribution in [1.29, 1.82) is 0 Å². The molecule has 1 fully saturated rings. The number of carbonyl (C=O) groups excluding carboxylic acids is 2. The van der Waals surface area contributed by atoms with Crippen LogP contribution in [0.2, 0.25) is 0 Å². The summed E-state index contributed by atoms with van der Waals surface area (Å²) >= 11 is 6.32. The molecule has 0 aromatic rings. The van der Waals surface area contributed by atoms with Crippen molar-refractivity contribution in [1.82, 2.24) is 0 Å². The van der Waals surface area contributed by atoms with Gasteiger partial charge in [-0.25, -0.2) is 0 Å². The molecule has 0 bridgehead atoms. The highest BCUT2D eigenvalue weighted by molar-refractivity contribution is 6.31. The van der Waals surface area contributed by atoms with Gasteiger partial charge in [-0.05, 0) is 59.0 Å². The monoisotopic (exact) mass is 421 g/mol. The first-order chi connectivity index (χ1) is 13.2. The van der Waals surface area contributed by atoms with E-state index in [1.807, 2.05) is 32.9 Å². The smallest absolute Gasteiger partial charge is 0.316 e. The maximum absolute atomic E-state index is 13.9. The Bertz CT molecular complexity index is 774. The molecule has 2 aliphatic carbocycles. The van der Waals surface area contributed by atoms with Crippen molar-refractivity contribution in [3.8, 4) is 0 Å². The van der Waals surface area contributed by atoms with Crippen LogP contribution in [0.25, 0.3) is 0 Å². The molecule has 1 saturated carbocycles. The molecule has 2 rings (SSSR count). The Kier molecular flexibility index (Phi) is 6.91. The lowest BCUT2D eigenvalue weighted by atomic mass is 9.64. The van der Waals surface area contributed by atoms with Gasteiger partial charge in [0.2, 0.25) is 0 Å². The third kappa shape index (κ3) is 5.21. The molecule has 0 aliphatic heterocycles. The molecule has 0 radical (unpaired) electrons. The second-order valence-corrected chi connectivity index (χ2v) is 10.8. The minimum absolute atomic E-state index is 0.103. The van der Waals surface area contributed by atoms with Crippen LogP contribution in [-0.4, -0.2) is 17.3 Å². The van der Waals surface area contributed by atoms with E-state index in [-0.39, 0.29) is 17.7 Å². The zero-order valence-electron chi connectivity index (χ0n) is 18.9. The molecular weight excluding hydrogens is 386 g/mol. The Labute approximate surface area is 180 Å². The summed E-state index contributed by atoms with van der Waals surface area (Å²) in [6.07, 6.45) is 8.12. The van der Waals surface area contributed by atoms with E-state index in [2.05, 4.69) is 0 Å². The van der Waals surface area contributed by atoms with Crippen LogP contribution in [0.5, 0.6) is 0 Å². The van der Waals surface area contributed by atoms with Crippen molar-refractivity contribution in [2.75, 3.05) is 0 Å². The number of ketones is 1. The summed E-state index contributed by atoms with van der Waals surface area (Å²) in [5, 5.41) is 0.653. The molecule has 0 amide bonds. The molecule has 1 unspecified atom stereocenters. The van der Waals surface area contributed by atoms with Gasteiger partial charge in [-0.15, -0.1) is 0 Å². The number of halogens is 1. The number of hydrogen-bond acceptors (Lipinski definition) is 4. The van der Waals surface area contributed by atoms with Gasteiger partial charge < -0.3 is 10.5 Å². The number of hydrogen-bond donors (Lipinski definition) is 1. The van der Waals surface area contributed by atoms with Gasteiger partial charge in [0.05, 0.1) is 11.0 Å². The fourth-order valence-electron chi connectivity index (χ4n) is 4.49. The predicted molar refractivity (Wildman–Crippen MR) is 118 cm³/mol. The van der Waals surface area contributed by atoms with Gasteiger partial charge in [-0.3, -0.25) is 9.59 Å². The normalized spacial score (nSPS) is 24.8. The summed E-state index contributed by atoms with van der Waals surface area (Å²) < 4.78 is 5.74. The van der Waals surface area contributed by atoms with Crippen molar-refractivity contribution in [3.63, 3.8) is 0 Å². The summed E-state index contributed by atoms with van der Waals surface area (Å²) in [6.45, 7) is 13.2. The third-order valence-corrected chi connectivity index (χ3v) is 6.26. The Morgan fingerprint density at radius 2 is 1.72 bits per heavy atom. The summed E-state index contributed by atoms with van der Waals surface area (Å²) in [4.78, 5) is 26.4. The average Bonchev–Trinajstić information content (AvgIpc) is 2.56. The van der Waals surface area contributed by atoms with E-state index in [1.165, 1.54) is 0 Å². The van der Waals surface area contributed by atoms with E-state index < -0.39 is 16.4 Å². The number of allylic oxidation sites excluding steroid dienone is 5. The Morgan fingerprint density at radius 3 is 2.21 bits per heavy atom. The fourth-order valence-corrected chi connectivity index (χ4v) is 4.94. The second kappa shape index (κ2) is 8.39. The van der Waals surface area contributed by atoms with Crippen LogP contribution in [0.15, 0.2) is 34.1 Å². The van der Waals surface area contributed by atoms with Crippen LogP contribution in [-0.2, 0) is 14.3 Å². The highest BCUT2D eigenvalue weighted by Crippen LogP contribution is 2.47. The third-order valence-electron chi connectivity index (χ3n) is 6.04. The van der Waals surface area contributed by atoms with Crippen LogP contribution >= 0.6 is 11.6 Å². The minimum Gasteiger partial charge on any atom is -0.431 e. The molecule has 0 saturated heterocycles. The Balaban J connectivity index is 2.60. The Morgan fingerprint density at radius 1 is 1.17 bits per heavy atom. The molecular formula is C24H36ClNO3. The lowest BCUT2D eigenvalue weighted by Crippen LogP contribution is -2.52. The van der Waals surface area contributed by atoms with Crippen LogP contribution in [0.4, 0.5) is 0 Å². The molecule has 1 atom stereocenters. The molecule has 0 aromatic heterocycles. The highest BCUT2D eigenvalue weighted by Gasteiger charge is 2.45. The van der Waals surface area contributed by atoms with Gasteiger partial charge in [0.15, 0.2) is 5.78 Å². The van der Waals surface area contributed by atoms with E-state index in [0.717, 1.165) is 24.8 Å². The lowest BCUT2D eigenvalue weighted by Gasteiger charge is -2.41. The lowest BCUT2D eigenvalue weighted by molar-refractivity contribution is -0.148. The van der Waals surface area contributed by atoms with E-state index >= 15 is 0 Å². The van der Waals surface area contributed by atoms with Crippen molar-refractivity contribution >= 4 is 23.4 Å². The van der Waals surface area contributed by atoms with Gasteiger partial charge in [0.1, 0.15) is 5.76 Å². The molecule has 162 valence electrons. The molecule has 2 aliphatic rings. The molecule has 0 aromatic carbocycles. The molecule has 0 heterocycles. The van der Waals surface area contributed by atoms with Crippen LogP contribution in [0.3, 0.4) is 0 Å². The minimum atomic E-state index is -0.912.